The van der Waals surface area contributed by atoms with Crippen molar-refractivity contribution in [3.05, 3.63) is 64.7 Å². The topological polar surface area (TPSA) is 123 Å². The Morgan fingerprint density at radius 1 is 1.00 bits per heavy atom. The number of hydrogen-bond acceptors (Lipinski definition) is 6. The van der Waals surface area contributed by atoms with E-state index in [0.29, 0.717) is 43.9 Å². The lowest BCUT2D eigenvalue weighted by atomic mass is 9.88. The highest BCUT2D eigenvalue weighted by atomic mass is 16.5. The minimum absolute atomic E-state index is 0.0345. The monoisotopic (exact) mass is 679 g/mol. The van der Waals surface area contributed by atoms with Crippen molar-refractivity contribution in [2.75, 3.05) is 6.54 Å². The standard InChI is InChI=1S/C37H53N3O6.C3H8/c1-24-12-10-15-32(18-24)46-29(6)34(21-27(4)42)40-37(44)33(16-11-17-38-23-41)28(5)39-36(43)31-19-25(2)35(26(3)20-31)45-22-30-13-8-7-9-14-30;1-3-2/h7-9,13-14,19-20,23-24,28-29,32-34H,10-12,15-18,21-22H2,1-6H3,(H,38,41)(H,39,43)(H,40,44);3H2,1-2H3. The molecule has 0 heterocycles. The lowest BCUT2D eigenvalue weighted by Gasteiger charge is -2.34. The first-order chi connectivity index (χ1) is 23.4. The maximum absolute atomic E-state index is 13.8. The Balaban J connectivity index is 0.00000267. The van der Waals surface area contributed by atoms with Gasteiger partial charge in [0.15, 0.2) is 0 Å². The van der Waals surface area contributed by atoms with Gasteiger partial charge in [0.2, 0.25) is 12.3 Å². The molecule has 9 heteroatoms. The molecule has 0 aliphatic heterocycles. The predicted molar refractivity (Wildman–Crippen MR) is 196 cm³/mol. The van der Waals surface area contributed by atoms with Gasteiger partial charge in [-0.25, -0.2) is 0 Å². The van der Waals surface area contributed by atoms with Gasteiger partial charge in [-0.05, 0) is 95.0 Å². The molecule has 272 valence electrons. The third kappa shape index (κ3) is 14.7. The van der Waals surface area contributed by atoms with E-state index in [2.05, 4.69) is 36.7 Å². The summed E-state index contributed by atoms with van der Waals surface area (Å²) in [6, 6.07) is 12.5. The largest absolute Gasteiger partial charge is 0.488 e. The number of benzene rings is 2. The molecule has 1 aliphatic rings. The van der Waals surface area contributed by atoms with Crippen molar-refractivity contribution in [1.82, 2.24) is 16.0 Å². The van der Waals surface area contributed by atoms with Crippen LogP contribution in [-0.4, -0.2) is 54.8 Å². The first-order valence-electron chi connectivity index (χ1n) is 18.1. The Morgan fingerprint density at radius 2 is 1.65 bits per heavy atom. The minimum Gasteiger partial charge on any atom is -0.488 e. The summed E-state index contributed by atoms with van der Waals surface area (Å²) in [5, 5.41) is 8.77. The molecule has 6 unspecified atom stereocenters. The van der Waals surface area contributed by atoms with Crippen LogP contribution in [0.4, 0.5) is 0 Å². The zero-order valence-corrected chi connectivity index (χ0v) is 31.1. The van der Waals surface area contributed by atoms with Crippen LogP contribution in [0.3, 0.4) is 0 Å². The van der Waals surface area contributed by atoms with Crippen LogP contribution in [0, 0.1) is 25.7 Å². The Bertz CT molecular complexity index is 1290. The molecule has 0 saturated heterocycles. The van der Waals surface area contributed by atoms with Crippen molar-refractivity contribution in [2.45, 2.75) is 138 Å². The summed E-state index contributed by atoms with van der Waals surface area (Å²) >= 11 is 0. The molecular weight excluding hydrogens is 618 g/mol. The molecule has 3 amide bonds. The molecule has 49 heavy (non-hydrogen) atoms. The molecule has 6 atom stereocenters. The Kier molecular flexibility index (Phi) is 18.7. The minimum atomic E-state index is -0.593. The number of carbonyl (C=O) groups is 4. The average molecular weight is 680 g/mol. The normalized spacial score (nSPS) is 18.0. The number of ether oxygens (including phenoxy) is 2. The second-order valence-corrected chi connectivity index (χ2v) is 13.8. The quantitative estimate of drug-likeness (QED) is 0.115. The van der Waals surface area contributed by atoms with Gasteiger partial charge in [0.25, 0.3) is 5.91 Å². The van der Waals surface area contributed by atoms with E-state index >= 15 is 0 Å². The predicted octanol–water partition coefficient (Wildman–Crippen LogP) is 7.01. The summed E-state index contributed by atoms with van der Waals surface area (Å²) in [6.07, 6.45) is 7.03. The Hall–Kier alpha value is -3.72. The van der Waals surface area contributed by atoms with E-state index in [1.165, 1.54) is 19.8 Å². The molecule has 0 radical (unpaired) electrons. The van der Waals surface area contributed by atoms with E-state index in [-0.39, 0.29) is 36.2 Å². The zero-order valence-electron chi connectivity index (χ0n) is 31.1. The molecule has 1 fully saturated rings. The lowest BCUT2D eigenvalue weighted by molar-refractivity contribution is -0.129. The number of ketones is 1. The van der Waals surface area contributed by atoms with Crippen LogP contribution >= 0.6 is 0 Å². The highest BCUT2D eigenvalue weighted by Crippen LogP contribution is 2.28. The maximum Gasteiger partial charge on any atom is 0.251 e. The third-order valence-electron chi connectivity index (χ3n) is 8.86. The summed E-state index contributed by atoms with van der Waals surface area (Å²) in [6.45, 7) is 16.4. The fraction of sp³-hybridized carbons (Fsp3) is 0.600. The second-order valence-electron chi connectivity index (χ2n) is 13.8. The van der Waals surface area contributed by atoms with Crippen LogP contribution in [0.25, 0.3) is 0 Å². The molecule has 3 rings (SSSR count). The van der Waals surface area contributed by atoms with Crippen LogP contribution in [0.15, 0.2) is 42.5 Å². The van der Waals surface area contributed by atoms with Gasteiger partial charge in [-0.15, -0.1) is 0 Å². The number of Topliss-reactive ketones (excluding diaryl/α,β-unsaturated/α-hetero) is 1. The van der Waals surface area contributed by atoms with Gasteiger partial charge < -0.3 is 25.4 Å². The third-order valence-corrected chi connectivity index (χ3v) is 8.86. The second kappa shape index (κ2) is 22.1. The van der Waals surface area contributed by atoms with E-state index in [0.717, 1.165) is 41.7 Å². The number of rotatable bonds is 18. The fourth-order valence-electron chi connectivity index (χ4n) is 6.35. The van der Waals surface area contributed by atoms with E-state index in [1.807, 2.05) is 58.0 Å². The SMILES string of the molecule is CC(=O)CC(NC(=O)C(CCCNC=O)C(C)NC(=O)c1cc(C)c(OCc2ccccc2)c(C)c1)C(C)OC1CCCC(C)C1.CCC. The van der Waals surface area contributed by atoms with Gasteiger partial charge in [-0.1, -0.05) is 70.4 Å². The van der Waals surface area contributed by atoms with Crippen molar-refractivity contribution in [3.8, 4) is 5.75 Å². The van der Waals surface area contributed by atoms with Gasteiger partial charge in [0.05, 0.1) is 24.2 Å². The number of hydrogen-bond donors (Lipinski definition) is 3. The number of amides is 3. The number of nitrogens with one attached hydrogen (secondary N) is 3. The van der Waals surface area contributed by atoms with Crippen molar-refractivity contribution >= 4 is 24.0 Å². The summed E-state index contributed by atoms with van der Waals surface area (Å²) in [5.74, 6) is 0.155. The number of carbonyl (C=O) groups excluding carboxylic acids is 4. The highest BCUT2D eigenvalue weighted by Gasteiger charge is 2.32. The van der Waals surface area contributed by atoms with E-state index in [4.69, 9.17) is 9.47 Å². The van der Waals surface area contributed by atoms with Crippen LogP contribution < -0.4 is 20.7 Å². The van der Waals surface area contributed by atoms with E-state index < -0.39 is 18.0 Å². The first kappa shape index (κ1) is 41.5. The molecule has 3 N–H and O–H groups in total. The lowest BCUT2D eigenvalue weighted by Crippen LogP contribution is -2.51. The van der Waals surface area contributed by atoms with Gasteiger partial charge in [-0.3, -0.25) is 19.2 Å². The maximum atomic E-state index is 13.8. The van der Waals surface area contributed by atoms with Gasteiger partial charge >= 0.3 is 0 Å². The summed E-state index contributed by atoms with van der Waals surface area (Å²) in [4.78, 5) is 50.3. The van der Waals surface area contributed by atoms with E-state index in [9.17, 15) is 19.2 Å². The highest BCUT2D eigenvalue weighted by molar-refractivity contribution is 5.95. The summed E-state index contributed by atoms with van der Waals surface area (Å²) in [5.41, 5.74) is 3.22. The van der Waals surface area contributed by atoms with Crippen molar-refractivity contribution < 1.29 is 28.7 Å². The molecule has 0 aromatic heterocycles. The van der Waals surface area contributed by atoms with Crippen molar-refractivity contribution in [2.24, 2.45) is 11.8 Å². The molecule has 9 nitrogen and oxygen atoms in total. The molecule has 2 aromatic rings. The first-order valence-corrected chi connectivity index (χ1v) is 18.1. The van der Waals surface area contributed by atoms with E-state index in [1.54, 1.807) is 12.1 Å². The summed E-state index contributed by atoms with van der Waals surface area (Å²) < 4.78 is 12.5. The molecule has 0 bridgehead atoms. The molecule has 1 aliphatic carbocycles. The number of aryl methyl sites for hydroxylation is 2. The van der Waals surface area contributed by atoms with Gasteiger partial charge in [-0.2, -0.15) is 0 Å². The van der Waals surface area contributed by atoms with Crippen molar-refractivity contribution in [1.29, 1.82) is 0 Å². The van der Waals surface area contributed by atoms with Crippen molar-refractivity contribution in [3.63, 3.8) is 0 Å². The molecular formula is C40H61N3O6. The molecule has 2 aromatic carbocycles. The van der Waals surface area contributed by atoms with Crippen LogP contribution in [0.1, 0.15) is 120 Å². The molecule has 1 saturated carbocycles. The van der Waals surface area contributed by atoms with Crippen LogP contribution in [-0.2, 0) is 25.7 Å². The van der Waals surface area contributed by atoms with Crippen LogP contribution in [0.2, 0.25) is 0 Å². The van der Waals surface area contributed by atoms with Crippen LogP contribution in [0.5, 0.6) is 5.75 Å². The molecule has 0 spiro atoms. The fourth-order valence-corrected chi connectivity index (χ4v) is 6.35. The van der Waals surface area contributed by atoms with Gasteiger partial charge in [0, 0.05) is 24.6 Å². The Morgan fingerprint density at radius 3 is 2.24 bits per heavy atom. The zero-order chi connectivity index (χ0) is 36.3. The smallest absolute Gasteiger partial charge is 0.251 e. The Labute approximate surface area is 294 Å². The van der Waals surface area contributed by atoms with Gasteiger partial charge in [0.1, 0.15) is 18.1 Å². The average Bonchev–Trinajstić information content (AvgIpc) is 3.04. The summed E-state index contributed by atoms with van der Waals surface area (Å²) in [7, 11) is 0.